The molecule has 0 aliphatic carbocycles. The molecule has 1 atom stereocenters. The lowest BCUT2D eigenvalue weighted by atomic mass is 10.1. The summed E-state index contributed by atoms with van der Waals surface area (Å²) in [5.41, 5.74) is 3.70. The summed E-state index contributed by atoms with van der Waals surface area (Å²) in [5, 5.41) is 6.77. The van der Waals surface area contributed by atoms with E-state index < -0.39 is 6.17 Å². The third-order valence-electron chi connectivity index (χ3n) is 7.75. The Kier molecular flexibility index (Phi) is 11.5. The summed E-state index contributed by atoms with van der Waals surface area (Å²) in [6.07, 6.45) is 3.97. The maximum absolute atomic E-state index is 12.7. The van der Waals surface area contributed by atoms with Crippen molar-refractivity contribution < 1.29 is 42.7 Å². The number of rotatable bonds is 15. The molecular weight excluding hydrogens is 652 g/mol. The monoisotopic (exact) mass is 690 g/mol. The smallest absolute Gasteiger partial charge is 0.255 e. The van der Waals surface area contributed by atoms with Gasteiger partial charge in [0.2, 0.25) is 11.5 Å². The van der Waals surface area contributed by atoms with Crippen LogP contribution in [0.1, 0.15) is 39.6 Å². The molecule has 1 amide bonds. The molecule has 12 heteroatoms. The number of hydrogen-bond acceptors (Lipinski definition) is 10. The molecule has 5 rings (SSSR count). The van der Waals surface area contributed by atoms with Crippen LogP contribution in [0, 0.1) is 0 Å². The fourth-order valence-corrected chi connectivity index (χ4v) is 5.50. The fourth-order valence-electron chi connectivity index (χ4n) is 5.32. The molecule has 0 saturated carbocycles. The zero-order valence-corrected chi connectivity index (χ0v) is 28.9. The van der Waals surface area contributed by atoms with E-state index >= 15 is 0 Å². The van der Waals surface area contributed by atoms with Crippen LogP contribution < -0.4 is 48.5 Å². The van der Waals surface area contributed by atoms with Gasteiger partial charge in [0.25, 0.3) is 5.91 Å². The van der Waals surface area contributed by atoms with E-state index in [0.717, 1.165) is 16.7 Å². The number of carbonyl (C=O) groups is 1. The van der Waals surface area contributed by atoms with Crippen molar-refractivity contribution >= 4 is 35.3 Å². The van der Waals surface area contributed by atoms with E-state index in [1.807, 2.05) is 54.6 Å². The molecule has 0 saturated heterocycles. The number of fused-ring (bicyclic) bond motifs is 1. The summed E-state index contributed by atoms with van der Waals surface area (Å²) in [7, 11) is 9.45. The average molecular weight is 691 g/mol. The van der Waals surface area contributed by atoms with Gasteiger partial charge in [-0.2, -0.15) is 0 Å². The first-order chi connectivity index (χ1) is 23.8. The van der Waals surface area contributed by atoms with E-state index in [9.17, 15) is 4.79 Å². The number of hydrogen-bond donors (Lipinski definition) is 2. The summed E-state index contributed by atoms with van der Waals surface area (Å²) in [4.78, 5) is 12.7. The topological polar surface area (TPSA) is 115 Å². The highest BCUT2D eigenvalue weighted by molar-refractivity contribution is 6.31. The molecule has 258 valence electrons. The van der Waals surface area contributed by atoms with Crippen molar-refractivity contribution in [2.75, 3.05) is 61.2 Å². The van der Waals surface area contributed by atoms with Crippen LogP contribution in [0.4, 0.5) is 5.69 Å². The molecule has 4 aromatic rings. The molecule has 4 aromatic carbocycles. The molecule has 11 nitrogen and oxygen atoms in total. The van der Waals surface area contributed by atoms with Gasteiger partial charge in [0.15, 0.2) is 34.5 Å². The van der Waals surface area contributed by atoms with Crippen LogP contribution in [-0.2, 0) is 0 Å². The van der Waals surface area contributed by atoms with Gasteiger partial charge >= 0.3 is 0 Å². The number of ether oxygens (including phenoxy) is 8. The Balaban J connectivity index is 1.20. The summed E-state index contributed by atoms with van der Waals surface area (Å²) in [6, 6.07) is 18.1. The van der Waals surface area contributed by atoms with E-state index in [2.05, 4.69) is 10.6 Å². The SMILES string of the molecule is COc1cc(C2NC(=O)c3cc(Cl)ccc3N2)ccc1OCCCOc1c(OC)cc(/C=C/c2cc(OC)c(OC)c(OC)c2)cc1OC. The van der Waals surface area contributed by atoms with Gasteiger partial charge < -0.3 is 48.5 Å². The van der Waals surface area contributed by atoms with Crippen LogP contribution in [0.25, 0.3) is 12.2 Å². The van der Waals surface area contributed by atoms with Gasteiger partial charge in [-0.15, -0.1) is 0 Å². The van der Waals surface area contributed by atoms with Crippen LogP contribution in [0.15, 0.2) is 60.7 Å². The third-order valence-corrected chi connectivity index (χ3v) is 7.99. The maximum Gasteiger partial charge on any atom is 0.255 e. The van der Waals surface area contributed by atoms with Gasteiger partial charge in [-0.3, -0.25) is 4.79 Å². The molecule has 1 unspecified atom stereocenters. The molecule has 1 aliphatic rings. The Labute approximate surface area is 290 Å². The van der Waals surface area contributed by atoms with Gasteiger partial charge in [0.1, 0.15) is 6.17 Å². The second kappa shape index (κ2) is 16.1. The minimum absolute atomic E-state index is 0.212. The summed E-state index contributed by atoms with van der Waals surface area (Å²) in [6.45, 7) is 0.706. The van der Waals surface area contributed by atoms with Crippen molar-refractivity contribution in [2.45, 2.75) is 12.6 Å². The number of benzene rings is 4. The van der Waals surface area contributed by atoms with Crippen molar-refractivity contribution in [3.63, 3.8) is 0 Å². The van der Waals surface area contributed by atoms with Crippen LogP contribution >= 0.6 is 11.6 Å². The van der Waals surface area contributed by atoms with Crippen molar-refractivity contribution in [3.8, 4) is 46.0 Å². The largest absolute Gasteiger partial charge is 0.493 e. The second-order valence-electron chi connectivity index (χ2n) is 10.7. The lowest BCUT2D eigenvalue weighted by molar-refractivity contribution is 0.0935. The predicted molar refractivity (Wildman–Crippen MR) is 188 cm³/mol. The molecule has 0 fully saturated rings. The number of methoxy groups -OCH3 is 6. The molecule has 0 aromatic heterocycles. The number of halogens is 1. The molecule has 49 heavy (non-hydrogen) atoms. The van der Waals surface area contributed by atoms with Crippen molar-refractivity contribution in [1.29, 1.82) is 0 Å². The molecule has 0 spiro atoms. The van der Waals surface area contributed by atoms with Crippen molar-refractivity contribution in [2.24, 2.45) is 0 Å². The van der Waals surface area contributed by atoms with E-state index in [0.29, 0.717) is 81.9 Å². The Morgan fingerprint density at radius 2 is 1.18 bits per heavy atom. The first kappa shape index (κ1) is 34.9. The Morgan fingerprint density at radius 1 is 0.612 bits per heavy atom. The van der Waals surface area contributed by atoms with Crippen LogP contribution in [-0.4, -0.2) is 61.8 Å². The summed E-state index contributed by atoms with van der Waals surface area (Å²) >= 11 is 6.06. The van der Waals surface area contributed by atoms with Gasteiger partial charge in [0.05, 0.1) is 61.4 Å². The Bertz CT molecular complexity index is 1780. The van der Waals surface area contributed by atoms with Crippen molar-refractivity contribution in [1.82, 2.24) is 5.32 Å². The lowest BCUT2D eigenvalue weighted by Crippen LogP contribution is -2.38. The quantitative estimate of drug-likeness (QED) is 0.0975. The number of nitrogens with one attached hydrogen (secondary N) is 2. The van der Waals surface area contributed by atoms with Crippen LogP contribution in [0.2, 0.25) is 5.02 Å². The zero-order valence-electron chi connectivity index (χ0n) is 28.2. The highest BCUT2D eigenvalue weighted by Crippen LogP contribution is 2.41. The predicted octanol–water partition coefficient (Wildman–Crippen LogP) is 7.26. The molecule has 1 heterocycles. The summed E-state index contributed by atoms with van der Waals surface area (Å²) in [5.74, 6) is 4.07. The van der Waals surface area contributed by atoms with Gasteiger partial charge in [-0.05, 0) is 71.3 Å². The first-order valence-corrected chi connectivity index (χ1v) is 15.7. The highest BCUT2D eigenvalue weighted by Gasteiger charge is 2.25. The molecule has 0 bridgehead atoms. The van der Waals surface area contributed by atoms with Crippen molar-refractivity contribution in [3.05, 3.63) is 87.9 Å². The molecule has 2 N–H and O–H groups in total. The third kappa shape index (κ3) is 8.01. The van der Waals surface area contributed by atoms with Gasteiger partial charge in [0, 0.05) is 17.1 Å². The fraction of sp³-hybridized carbons (Fsp3) is 0.270. The van der Waals surface area contributed by atoms with Crippen LogP contribution in [0.5, 0.6) is 46.0 Å². The second-order valence-corrected chi connectivity index (χ2v) is 11.2. The number of amides is 1. The Hall–Kier alpha value is -5.42. The highest BCUT2D eigenvalue weighted by atomic mass is 35.5. The minimum Gasteiger partial charge on any atom is -0.493 e. The van der Waals surface area contributed by atoms with Gasteiger partial charge in [-0.25, -0.2) is 0 Å². The van der Waals surface area contributed by atoms with E-state index in [-0.39, 0.29) is 5.91 Å². The summed E-state index contributed by atoms with van der Waals surface area (Å²) < 4.78 is 45.4. The number of carbonyl (C=O) groups excluding carboxylic acids is 1. The van der Waals surface area contributed by atoms with Crippen LogP contribution in [0.3, 0.4) is 0 Å². The van der Waals surface area contributed by atoms with E-state index in [4.69, 9.17) is 49.5 Å². The van der Waals surface area contributed by atoms with E-state index in [1.54, 1.807) is 60.9 Å². The number of anilines is 1. The van der Waals surface area contributed by atoms with Gasteiger partial charge in [-0.1, -0.05) is 29.8 Å². The molecule has 0 radical (unpaired) electrons. The zero-order chi connectivity index (χ0) is 34.9. The minimum atomic E-state index is -0.446. The first-order valence-electron chi connectivity index (χ1n) is 15.4. The molecule has 1 aliphatic heterocycles. The Morgan fingerprint density at radius 3 is 1.76 bits per heavy atom. The average Bonchev–Trinajstić information content (AvgIpc) is 3.13. The normalized spacial score (nSPS) is 13.5. The molecular formula is C37H39ClN2O9. The maximum atomic E-state index is 12.7. The lowest BCUT2D eigenvalue weighted by Gasteiger charge is -2.28. The standard InChI is InChI=1S/C37H39ClN2O9/c1-42-29-20-24(36-39-27-12-11-25(38)21-26(27)37(41)40-36)10-13-28(29)48-14-7-15-49-35-32(45-4)18-23(19-33(35)46-5)9-8-22-16-30(43-2)34(47-6)31(17-22)44-3/h8-13,16-21,36,39H,7,14-15H2,1-6H3,(H,40,41)/b9-8+. The van der Waals surface area contributed by atoms with E-state index in [1.165, 1.54) is 0 Å².